The molecule has 1 aromatic carbocycles. The van der Waals surface area contributed by atoms with Crippen molar-refractivity contribution in [1.29, 1.82) is 0 Å². The number of benzene rings is 1. The first-order valence-corrected chi connectivity index (χ1v) is 7.50. The fourth-order valence-corrected chi connectivity index (χ4v) is 3.07. The first-order chi connectivity index (χ1) is 9.78. The van der Waals surface area contributed by atoms with Crippen LogP contribution in [0, 0.1) is 0 Å². The van der Waals surface area contributed by atoms with Gasteiger partial charge in [0, 0.05) is 11.6 Å². The van der Waals surface area contributed by atoms with Crippen molar-refractivity contribution in [3.05, 3.63) is 36.0 Å². The van der Waals surface area contributed by atoms with Gasteiger partial charge in [-0.15, -0.1) is 0 Å². The third-order valence-corrected chi connectivity index (χ3v) is 4.44. The molecule has 1 aliphatic heterocycles. The van der Waals surface area contributed by atoms with Crippen molar-refractivity contribution >= 4 is 10.9 Å². The molecular weight excluding hydrogens is 250 g/mol. The van der Waals surface area contributed by atoms with E-state index in [9.17, 15) is 5.11 Å². The number of quaternary nitrogens is 2. The van der Waals surface area contributed by atoms with E-state index < -0.39 is 0 Å². The van der Waals surface area contributed by atoms with E-state index in [-0.39, 0.29) is 0 Å². The molecule has 2 aromatic rings. The zero-order chi connectivity index (χ0) is 13.9. The fraction of sp³-hybridized carbons (Fsp3) is 0.438. The van der Waals surface area contributed by atoms with E-state index in [4.69, 9.17) is 0 Å². The van der Waals surface area contributed by atoms with Gasteiger partial charge in [0.15, 0.2) is 5.75 Å². The minimum atomic E-state index is 0.362. The van der Waals surface area contributed by atoms with Gasteiger partial charge < -0.3 is 14.9 Å². The summed E-state index contributed by atoms with van der Waals surface area (Å²) in [6.07, 6.45) is 1.74. The van der Waals surface area contributed by atoms with Crippen LogP contribution in [0.25, 0.3) is 10.9 Å². The third kappa shape index (κ3) is 2.62. The molecule has 3 N–H and O–H groups in total. The first-order valence-electron chi connectivity index (χ1n) is 7.50. The Morgan fingerprint density at radius 1 is 1.10 bits per heavy atom. The Morgan fingerprint density at radius 2 is 1.85 bits per heavy atom. The normalized spacial score (nSPS) is 23.1. The maximum Gasteiger partial charge on any atom is 0.150 e. The number of hydrogen-bond acceptors (Lipinski definition) is 2. The molecule has 3 rings (SSSR count). The average Bonchev–Trinajstić information content (AvgIpc) is 2.51. The molecule has 106 valence electrons. The van der Waals surface area contributed by atoms with Gasteiger partial charge in [-0.1, -0.05) is 12.1 Å². The number of hydrogen-bond donors (Lipinski definition) is 3. The molecule has 20 heavy (non-hydrogen) atoms. The van der Waals surface area contributed by atoms with Crippen LogP contribution in [0.1, 0.15) is 12.5 Å². The zero-order valence-corrected chi connectivity index (χ0v) is 12.0. The van der Waals surface area contributed by atoms with Gasteiger partial charge in [0.05, 0.1) is 12.1 Å². The van der Waals surface area contributed by atoms with E-state index in [1.165, 1.54) is 32.7 Å². The summed E-state index contributed by atoms with van der Waals surface area (Å²) in [5, 5.41) is 11.4. The summed E-state index contributed by atoms with van der Waals surface area (Å²) in [5.41, 5.74) is 1.74. The molecule has 0 bridgehead atoms. The van der Waals surface area contributed by atoms with E-state index in [1.807, 2.05) is 18.2 Å². The Morgan fingerprint density at radius 3 is 2.60 bits per heavy atom. The number of nitrogens with one attached hydrogen (secondary N) is 2. The van der Waals surface area contributed by atoms with Crippen LogP contribution >= 0.6 is 0 Å². The van der Waals surface area contributed by atoms with Crippen molar-refractivity contribution in [1.82, 2.24) is 4.98 Å². The highest BCUT2D eigenvalue weighted by Gasteiger charge is 2.22. The lowest BCUT2D eigenvalue weighted by Crippen LogP contribution is -3.27. The summed E-state index contributed by atoms with van der Waals surface area (Å²) in [6, 6.07) is 8.00. The summed E-state index contributed by atoms with van der Waals surface area (Å²) in [5.74, 6) is 0.362. The molecule has 0 amide bonds. The van der Waals surface area contributed by atoms with Gasteiger partial charge in [-0.25, -0.2) is 0 Å². The maximum atomic E-state index is 10.4. The lowest BCUT2D eigenvalue weighted by molar-refractivity contribution is -1.02. The molecule has 0 spiro atoms. The number of phenols is 1. The van der Waals surface area contributed by atoms with Crippen molar-refractivity contribution < 1.29 is 14.9 Å². The molecular formula is C16H23N3O+2. The monoisotopic (exact) mass is 273 g/mol. The van der Waals surface area contributed by atoms with Crippen molar-refractivity contribution in [2.24, 2.45) is 0 Å². The smallest absolute Gasteiger partial charge is 0.150 e. The highest BCUT2D eigenvalue weighted by molar-refractivity contribution is 5.85. The van der Waals surface area contributed by atoms with Crippen molar-refractivity contribution in [2.45, 2.75) is 13.5 Å². The quantitative estimate of drug-likeness (QED) is 0.688. The Labute approximate surface area is 119 Å². The van der Waals surface area contributed by atoms with Crippen LogP contribution in [0.15, 0.2) is 30.5 Å². The molecule has 2 heterocycles. The number of likely N-dealkylation sites (N-methyl/N-ethyl adjacent to an activating group) is 1. The van der Waals surface area contributed by atoms with Gasteiger partial charge in [-0.05, 0) is 19.1 Å². The number of piperazine rings is 1. The Balaban J connectivity index is 1.76. The summed E-state index contributed by atoms with van der Waals surface area (Å²) in [6.45, 7) is 9.21. The first kappa shape index (κ1) is 13.3. The minimum Gasteiger partial charge on any atom is -0.505 e. The van der Waals surface area contributed by atoms with Crippen LogP contribution in [0.3, 0.4) is 0 Å². The lowest BCUT2D eigenvalue weighted by Gasteiger charge is -2.29. The van der Waals surface area contributed by atoms with Crippen molar-refractivity contribution in [3.8, 4) is 5.75 Å². The van der Waals surface area contributed by atoms with E-state index in [2.05, 4.69) is 18.0 Å². The third-order valence-electron chi connectivity index (χ3n) is 4.44. The summed E-state index contributed by atoms with van der Waals surface area (Å²) >= 11 is 0. The predicted octanol–water partition coefficient (Wildman–Crippen LogP) is -0.756. The average molecular weight is 273 g/mol. The predicted molar refractivity (Wildman–Crippen MR) is 79.0 cm³/mol. The van der Waals surface area contributed by atoms with Gasteiger partial charge in [-0.2, -0.15) is 0 Å². The minimum absolute atomic E-state index is 0.362. The van der Waals surface area contributed by atoms with E-state index in [0.29, 0.717) is 5.75 Å². The molecule has 1 aromatic heterocycles. The molecule has 0 radical (unpaired) electrons. The van der Waals surface area contributed by atoms with E-state index in [0.717, 1.165) is 23.0 Å². The molecule has 1 fully saturated rings. The van der Waals surface area contributed by atoms with Gasteiger partial charge in [-0.3, -0.25) is 4.98 Å². The van der Waals surface area contributed by atoms with Gasteiger partial charge in [0.2, 0.25) is 0 Å². The molecule has 4 nitrogen and oxygen atoms in total. The number of aromatic hydroxyl groups is 1. The second kappa shape index (κ2) is 5.77. The van der Waals surface area contributed by atoms with Crippen molar-refractivity contribution in [2.75, 3.05) is 32.7 Å². The number of aromatic nitrogens is 1. The Kier molecular flexibility index (Phi) is 3.85. The molecule has 0 atom stereocenters. The Bertz CT molecular complexity index is 591. The molecule has 1 saturated heterocycles. The number of pyridine rings is 1. The maximum absolute atomic E-state index is 10.4. The van der Waals surface area contributed by atoms with Crippen LogP contribution in [0.5, 0.6) is 5.75 Å². The number of phenolic OH excluding ortho intramolecular Hbond substituents is 1. The summed E-state index contributed by atoms with van der Waals surface area (Å²) in [7, 11) is 0. The van der Waals surface area contributed by atoms with Crippen LogP contribution in [-0.4, -0.2) is 42.8 Å². The van der Waals surface area contributed by atoms with Crippen LogP contribution < -0.4 is 9.80 Å². The van der Waals surface area contributed by atoms with Gasteiger partial charge >= 0.3 is 0 Å². The summed E-state index contributed by atoms with van der Waals surface area (Å²) < 4.78 is 0. The molecule has 0 saturated carbocycles. The molecule has 0 aliphatic carbocycles. The van der Waals surface area contributed by atoms with Gasteiger partial charge in [0.25, 0.3) is 0 Å². The second-order valence-electron chi connectivity index (χ2n) is 5.68. The van der Waals surface area contributed by atoms with Crippen LogP contribution in [0.2, 0.25) is 0 Å². The van der Waals surface area contributed by atoms with Crippen molar-refractivity contribution in [3.63, 3.8) is 0 Å². The summed E-state index contributed by atoms with van der Waals surface area (Å²) in [4.78, 5) is 7.55. The molecule has 1 aliphatic rings. The standard InChI is InChI=1S/C16H21N3O/c1-2-18-8-10-19(11-9-18)12-14-6-5-13-4-3-7-17-15(13)16(14)20/h3-7,20H,2,8-12H2,1H3/p+2. The van der Waals surface area contributed by atoms with E-state index in [1.54, 1.807) is 16.0 Å². The Hall–Kier alpha value is -1.65. The molecule has 4 heteroatoms. The highest BCUT2D eigenvalue weighted by Crippen LogP contribution is 2.25. The topological polar surface area (TPSA) is 42.0 Å². The fourth-order valence-electron chi connectivity index (χ4n) is 3.07. The van der Waals surface area contributed by atoms with Crippen LogP contribution in [-0.2, 0) is 6.54 Å². The van der Waals surface area contributed by atoms with Gasteiger partial charge in [0.1, 0.15) is 38.2 Å². The number of rotatable bonds is 3. The lowest BCUT2D eigenvalue weighted by atomic mass is 10.1. The number of fused-ring (bicyclic) bond motifs is 1. The largest absolute Gasteiger partial charge is 0.505 e. The molecule has 0 unspecified atom stereocenters. The SMILES string of the molecule is CC[NH+]1CC[NH+](Cc2ccc3cccnc3c2O)CC1. The highest BCUT2D eigenvalue weighted by atomic mass is 16.3. The van der Waals surface area contributed by atoms with Crippen LogP contribution in [0.4, 0.5) is 0 Å². The number of nitrogens with zero attached hydrogens (tertiary/aromatic N) is 1. The van der Waals surface area contributed by atoms with E-state index >= 15 is 0 Å². The zero-order valence-electron chi connectivity index (χ0n) is 12.0. The second-order valence-corrected chi connectivity index (χ2v) is 5.68.